The monoisotopic (exact) mass is 304 g/mol. The Morgan fingerprint density at radius 1 is 1.57 bits per heavy atom. The summed E-state index contributed by atoms with van der Waals surface area (Å²) in [6.07, 6.45) is 4.71. The normalized spacial score (nSPS) is 19.0. The van der Waals surface area contributed by atoms with E-state index in [0.717, 1.165) is 38.0 Å². The van der Waals surface area contributed by atoms with Crippen molar-refractivity contribution in [1.29, 1.82) is 0 Å². The van der Waals surface area contributed by atoms with Gasteiger partial charge in [-0.1, -0.05) is 6.92 Å². The Morgan fingerprint density at radius 2 is 2.43 bits per heavy atom. The summed E-state index contributed by atoms with van der Waals surface area (Å²) in [5, 5.41) is 3.31. The first kappa shape index (κ1) is 14.3. The molecular formula is C16H20N2O2S. The van der Waals surface area contributed by atoms with Gasteiger partial charge in [0.25, 0.3) is 5.91 Å². The quantitative estimate of drug-likeness (QED) is 0.870. The van der Waals surface area contributed by atoms with Crippen LogP contribution in [-0.4, -0.2) is 28.9 Å². The van der Waals surface area contributed by atoms with Crippen LogP contribution >= 0.6 is 11.3 Å². The Balaban J connectivity index is 1.74. The Morgan fingerprint density at radius 3 is 3.10 bits per heavy atom. The maximum atomic E-state index is 12.6. The van der Waals surface area contributed by atoms with Gasteiger partial charge in [-0.15, -0.1) is 11.3 Å². The first-order valence-corrected chi connectivity index (χ1v) is 8.34. The Labute approximate surface area is 128 Å². The standard InChI is InChI=1S/C16H20N2O2S/c1-3-13-10-21-15(17-13)12-5-4-7-18(9-12)16(19)14-6-8-20-11(14)2/h6,8,10,12H,3-5,7,9H2,1-2H3/t12-/m0/s1. The van der Waals surface area contributed by atoms with Gasteiger partial charge in [-0.2, -0.15) is 0 Å². The van der Waals surface area contributed by atoms with Gasteiger partial charge in [0.05, 0.1) is 22.5 Å². The third-order valence-corrected chi connectivity index (χ3v) is 5.13. The van der Waals surface area contributed by atoms with Crippen LogP contribution in [0.2, 0.25) is 0 Å². The molecule has 0 saturated carbocycles. The molecule has 1 aliphatic heterocycles. The number of aryl methyl sites for hydroxylation is 2. The Bertz CT molecular complexity index is 632. The summed E-state index contributed by atoms with van der Waals surface area (Å²) in [4.78, 5) is 19.2. The molecule has 4 nitrogen and oxygen atoms in total. The van der Waals surface area contributed by atoms with Crippen LogP contribution in [0.25, 0.3) is 0 Å². The number of likely N-dealkylation sites (tertiary alicyclic amines) is 1. The average molecular weight is 304 g/mol. The van der Waals surface area contributed by atoms with Gasteiger partial charge in [-0.3, -0.25) is 4.79 Å². The number of amides is 1. The van der Waals surface area contributed by atoms with E-state index < -0.39 is 0 Å². The number of nitrogens with zero attached hydrogens (tertiary/aromatic N) is 2. The summed E-state index contributed by atoms with van der Waals surface area (Å²) in [7, 11) is 0. The number of aromatic nitrogens is 1. The van der Waals surface area contributed by atoms with Crippen molar-refractivity contribution in [1.82, 2.24) is 9.88 Å². The van der Waals surface area contributed by atoms with Crippen LogP contribution < -0.4 is 0 Å². The van der Waals surface area contributed by atoms with E-state index in [2.05, 4.69) is 17.3 Å². The second-order valence-electron chi connectivity index (χ2n) is 5.51. The van der Waals surface area contributed by atoms with Gasteiger partial charge in [0.2, 0.25) is 0 Å². The van der Waals surface area contributed by atoms with Crippen molar-refractivity contribution in [2.24, 2.45) is 0 Å². The van der Waals surface area contributed by atoms with Crippen molar-refractivity contribution in [3.8, 4) is 0 Å². The molecule has 21 heavy (non-hydrogen) atoms. The summed E-state index contributed by atoms with van der Waals surface area (Å²) in [6, 6.07) is 1.76. The third-order valence-electron chi connectivity index (χ3n) is 4.08. The molecule has 3 rings (SSSR count). The lowest BCUT2D eigenvalue weighted by molar-refractivity contribution is 0.0705. The van der Waals surface area contributed by atoms with E-state index in [4.69, 9.17) is 4.42 Å². The van der Waals surface area contributed by atoms with E-state index in [1.165, 1.54) is 5.01 Å². The van der Waals surface area contributed by atoms with Gasteiger partial charge in [0, 0.05) is 24.4 Å². The van der Waals surface area contributed by atoms with E-state index in [1.54, 1.807) is 23.7 Å². The lowest BCUT2D eigenvalue weighted by Gasteiger charge is -2.31. The fourth-order valence-corrected chi connectivity index (χ4v) is 3.84. The molecule has 0 spiro atoms. The summed E-state index contributed by atoms with van der Waals surface area (Å²) < 4.78 is 5.25. The minimum Gasteiger partial charge on any atom is -0.469 e. The van der Waals surface area contributed by atoms with Crippen LogP contribution in [0.5, 0.6) is 0 Å². The summed E-state index contributed by atoms with van der Waals surface area (Å²) in [5.74, 6) is 1.16. The van der Waals surface area contributed by atoms with E-state index in [-0.39, 0.29) is 5.91 Å². The second kappa shape index (κ2) is 6.02. The molecule has 1 saturated heterocycles. The van der Waals surface area contributed by atoms with Crippen LogP contribution in [0.3, 0.4) is 0 Å². The van der Waals surface area contributed by atoms with Crippen LogP contribution in [0.4, 0.5) is 0 Å². The third kappa shape index (κ3) is 2.88. The summed E-state index contributed by atoms with van der Waals surface area (Å²) in [6.45, 7) is 5.55. The van der Waals surface area contributed by atoms with E-state index in [9.17, 15) is 4.79 Å². The molecule has 0 N–H and O–H groups in total. The SMILES string of the molecule is CCc1csc([C@H]2CCCN(C(=O)c3ccoc3C)C2)n1. The van der Waals surface area contributed by atoms with E-state index in [0.29, 0.717) is 17.2 Å². The first-order chi connectivity index (χ1) is 10.2. The molecule has 1 amide bonds. The van der Waals surface area contributed by atoms with E-state index in [1.807, 2.05) is 11.8 Å². The highest BCUT2D eigenvalue weighted by Gasteiger charge is 2.28. The fraction of sp³-hybridized carbons (Fsp3) is 0.500. The van der Waals surface area contributed by atoms with Gasteiger partial charge in [0.15, 0.2) is 0 Å². The molecule has 1 atom stereocenters. The Hall–Kier alpha value is -1.62. The molecule has 0 bridgehead atoms. The number of hydrogen-bond acceptors (Lipinski definition) is 4. The van der Waals surface area contributed by atoms with Crippen molar-refractivity contribution in [2.45, 2.75) is 39.0 Å². The van der Waals surface area contributed by atoms with Crippen LogP contribution in [0.15, 0.2) is 22.1 Å². The van der Waals surface area contributed by atoms with Gasteiger partial charge in [0.1, 0.15) is 5.76 Å². The highest BCUT2D eigenvalue weighted by Crippen LogP contribution is 2.30. The first-order valence-electron chi connectivity index (χ1n) is 7.46. The highest BCUT2D eigenvalue weighted by atomic mass is 32.1. The molecule has 1 aliphatic rings. The number of carbonyl (C=O) groups excluding carboxylic acids is 1. The number of piperidine rings is 1. The topological polar surface area (TPSA) is 46.3 Å². The van der Waals surface area contributed by atoms with Crippen LogP contribution in [-0.2, 0) is 6.42 Å². The predicted molar refractivity (Wildman–Crippen MR) is 82.8 cm³/mol. The van der Waals surface area contributed by atoms with Gasteiger partial charge >= 0.3 is 0 Å². The Kier molecular flexibility index (Phi) is 4.10. The molecule has 112 valence electrons. The van der Waals surface area contributed by atoms with Gasteiger partial charge in [-0.05, 0) is 32.3 Å². The molecule has 0 radical (unpaired) electrons. The number of rotatable bonds is 3. The molecule has 1 fully saturated rings. The molecule has 2 aromatic heterocycles. The zero-order valence-electron chi connectivity index (χ0n) is 12.5. The van der Waals surface area contributed by atoms with Gasteiger partial charge < -0.3 is 9.32 Å². The lowest BCUT2D eigenvalue weighted by atomic mass is 9.98. The molecular weight excluding hydrogens is 284 g/mol. The van der Waals surface area contributed by atoms with Crippen molar-refractivity contribution in [3.63, 3.8) is 0 Å². The number of furan rings is 1. The zero-order chi connectivity index (χ0) is 14.8. The van der Waals surface area contributed by atoms with Crippen molar-refractivity contribution in [2.75, 3.05) is 13.1 Å². The summed E-state index contributed by atoms with van der Waals surface area (Å²) >= 11 is 1.73. The summed E-state index contributed by atoms with van der Waals surface area (Å²) in [5.41, 5.74) is 1.84. The maximum Gasteiger partial charge on any atom is 0.257 e. The average Bonchev–Trinajstić information content (AvgIpc) is 3.15. The van der Waals surface area contributed by atoms with Gasteiger partial charge in [-0.25, -0.2) is 4.98 Å². The molecule has 0 aliphatic carbocycles. The predicted octanol–water partition coefficient (Wildman–Crippen LogP) is 3.63. The van der Waals surface area contributed by atoms with Crippen molar-refractivity contribution >= 4 is 17.2 Å². The molecule has 0 unspecified atom stereocenters. The molecule has 0 aromatic carbocycles. The number of thiazole rings is 1. The molecule has 2 aromatic rings. The smallest absolute Gasteiger partial charge is 0.257 e. The molecule has 3 heterocycles. The minimum atomic E-state index is 0.0817. The zero-order valence-corrected chi connectivity index (χ0v) is 13.3. The second-order valence-corrected chi connectivity index (χ2v) is 6.40. The van der Waals surface area contributed by atoms with Crippen LogP contribution in [0.1, 0.15) is 52.5 Å². The fourth-order valence-electron chi connectivity index (χ4n) is 2.81. The van der Waals surface area contributed by atoms with Crippen LogP contribution in [0, 0.1) is 6.92 Å². The minimum absolute atomic E-state index is 0.0817. The lowest BCUT2D eigenvalue weighted by Crippen LogP contribution is -2.39. The number of hydrogen-bond donors (Lipinski definition) is 0. The van der Waals surface area contributed by atoms with E-state index >= 15 is 0 Å². The van der Waals surface area contributed by atoms with Crippen molar-refractivity contribution < 1.29 is 9.21 Å². The number of carbonyl (C=O) groups is 1. The molecule has 5 heteroatoms. The highest BCUT2D eigenvalue weighted by molar-refractivity contribution is 7.09. The van der Waals surface area contributed by atoms with Crippen molar-refractivity contribution in [3.05, 3.63) is 39.7 Å². The largest absolute Gasteiger partial charge is 0.469 e. The maximum absolute atomic E-state index is 12.6.